The fraction of sp³-hybridized carbons (Fsp3) is 0.939. The van der Waals surface area contributed by atoms with Crippen molar-refractivity contribution in [3.63, 3.8) is 0 Å². The van der Waals surface area contributed by atoms with Crippen LogP contribution in [0.25, 0.3) is 0 Å². The van der Waals surface area contributed by atoms with Crippen LogP contribution in [0.3, 0.4) is 0 Å². The Morgan fingerprint density at radius 2 is 0.750 bits per heavy atom. The first-order valence-corrected chi connectivity index (χ1v) is 35.0. The van der Waals surface area contributed by atoms with E-state index in [-0.39, 0.29) is 31.5 Å². The maximum Gasteiger partial charge on any atom is 0.306 e. The van der Waals surface area contributed by atoms with Crippen LogP contribution < -0.4 is 10.2 Å². The van der Waals surface area contributed by atoms with Crippen LogP contribution in [0.2, 0.25) is 0 Å². The zero-order chi connectivity index (χ0) is 55.7. The fourth-order valence-electron chi connectivity index (χ4n) is 10.3. The average molecular weight is 1100 g/mol. The molecule has 0 bridgehead atoms. The maximum absolute atomic E-state index is 13.6. The Balaban J connectivity index is 5.06. The standard InChI is InChI=1S/C66H131N2O7P/c1-7-10-13-16-19-22-25-28-30-31-32-33-34-35-36-37-39-40-43-46-49-52-55-58-65(69)67-63(62-74-76(71,72)73-61-60-68(4,5)6)64(57-54-51-48-45-42-27-24-21-18-15-12-9-3)75-66(70)59-56-53-50-47-44-41-38-29-26-23-20-17-14-11-8-2/h54,57,63-64H,7-53,55-56,58-62H2,1-6H3,(H-,67,69,71,72)/b57-54-. The monoisotopic (exact) mass is 1090 g/mol. The number of phosphoric ester groups is 1. The lowest BCUT2D eigenvalue weighted by Gasteiger charge is -2.30. The number of nitrogens with one attached hydrogen (secondary N) is 1. The number of nitrogens with zero attached hydrogens (tertiary/aromatic N) is 1. The number of likely N-dealkylation sites (N-methyl/N-ethyl adjacent to an activating group) is 1. The maximum atomic E-state index is 13.6. The van der Waals surface area contributed by atoms with Crippen LogP contribution in [0.15, 0.2) is 12.2 Å². The van der Waals surface area contributed by atoms with Crippen LogP contribution in [0, 0.1) is 0 Å². The molecule has 0 aliphatic carbocycles. The van der Waals surface area contributed by atoms with E-state index in [1.807, 2.05) is 33.3 Å². The number of allylic oxidation sites excluding steroid dienone is 1. The second kappa shape index (κ2) is 57.0. The van der Waals surface area contributed by atoms with Crippen LogP contribution in [0.5, 0.6) is 0 Å². The first-order valence-electron chi connectivity index (χ1n) is 33.5. The number of ether oxygens (including phenoxy) is 1. The molecule has 0 fully saturated rings. The van der Waals surface area contributed by atoms with Crippen molar-refractivity contribution in [1.29, 1.82) is 0 Å². The predicted octanol–water partition coefficient (Wildman–Crippen LogP) is 20.1. The molecule has 10 heteroatoms. The van der Waals surface area contributed by atoms with E-state index in [0.29, 0.717) is 17.4 Å². The number of phosphoric acid groups is 1. The SMILES string of the molecule is CCCCCCCCCCCC/C=C\C(OC(=O)CCCCCCCCCCCCCCCCC)C(COP(=O)([O-])OCC[N+](C)(C)C)NC(=O)CCCCCCCCCCCCCCCCCCCCCCCCC. The molecule has 0 heterocycles. The van der Waals surface area contributed by atoms with Gasteiger partial charge in [0.2, 0.25) is 5.91 Å². The zero-order valence-electron chi connectivity index (χ0n) is 51.7. The van der Waals surface area contributed by atoms with Crippen molar-refractivity contribution in [2.24, 2.45) is 0 Å². The minimum absolute atomic E-state index is 0.0166. The molecule has 0 spiro atoms. The Hall–Kier alpha value is -1.25. The molecule has 0 aliphatic heterocycles. The number of hydrogen-bond acceptors (Lipinski definition) is 7. The summed E-state index contributed by atoms with van der Waals surface area (Å²) < 4.78 is 30.4. The molecule has 0 aromatic heterocycles. The summed E-state index contributed by atoms with van der Waals surface area (Å²) in [7, 11) is 1.21. The molecule has 1 N–H and O–H groups in total. The third-order valence-corrected chi connectivity index (χ3v) is 16.4. The highest BCUT2D eigenvalue weighted by Gasteiger charge is 2.27. The molecule has 0 aliphatic rings. The summed E-state index contributed by atoms with van der Waals surface area (Å²) >= 11 is 0. The van der Waals surface area contributed by atoms with Crippen LogP contribution in [0.1, 0.15) is 348 Å². The third kappa shape index (κ3) is 57.4. The summed E-state index contributed by atoms with van der Waals surface area (Å²) in [6.07, 6.45) is 66.1. The van der Waals surface area contributed by atoms with Crippen molar-refractivity contribution < 1.29 is 37.3 Å². The molecule has 9 nitrogen and oxygen atoms in total. The molecule has 0 rings (SSSR count). The fourth-order valence-corrected chi connectivity index (χ4v) is 11.0. The summed E-state index contributed by atoms with van der Waals surface area (Å²) in [5.74, 6) is -0.517. The number of carbonyl (C=O) groups is 2. The molecule has 1 amide bonds. The molecule has 0 aromatic carbocycles. The van der Waals surface area contributed by atoms with Crippen molar-refractivity contribution in [3.05, 3.63) is 12.2 Å². The van der Waals surface area contributed by atoms with Gasteiger partial charge in [0, 0.05) is 12.8 Å². The van der Waals surface area contributed by atoms with Gasteiger partial charge in [0.05, 0.1) is 33.8 Å². The van der Waals surface area contributed by atoms with E-state index in [0.717, 1.165) is 57.8 Å². The average Bonchev–Trinajstić information content (AvgIpc) is 3.38. The van der Waals surface area contributed by atoms with Gasteiger partial charge in [-0.15, -0.1) is 0 Å². The summed E-state index contributed by atoms with van der Waals surface area (Å²) in [5.41, 5.74) is 0. The van der Waals surface area contributed by atoms with Gasteiger partial charge in [-0.2, -0.15) is 0 Å². The first-order chi connectivity index (χ1) is 36.9. The largest absolute Gasteiger partial charge is 0.756 e. The molecule has 3 unspecified atom stereocenters. The smallest absolute Gasteiger partial charge is 0.306 e. The second-order valence-corrected chi connectivity index (χ2v) is 25.8. The molecular weight excluding hydrogens is 964 g/mol. The van der Waals surface area contributed by atoms with E-state index in [1.54, 1.807) is 0 Å². The van der Waals surface area contributed by atoms with Crippen molar-refractivity contribution in [2.45, 2.75) is 360 Å². The van der Waals surface area contributed by atoms with Gasteiger partial charge in [0.25, 0.3) is 7.82 Å². The van der Waals surface area contributed by atoms with Crippen LogP contribution >= 0.6 is 7.82 Å². The highest BCUT2D eigenvalue weighted by molar-refractivity contribution is 7.45. The highest BCUT2D eigenvalue weighted by Crippen LogP contribution is 2.38. The molecule has 0 saturated heterocycles. The van der Waals surface area contributed by atoms with E-state index < -0.39 is 20.0 Å². The number of carbonyl (C=O) groups excluding carboxylic acids is 2. The molecule has 0 aromatic rings. The molecule has 0 radical (unpaired) electrons. The number of hydrogen-bond donors (Lipinski definition) is 1. The Morgan fingerprint density at radius 1 is 0.447 bits per heavy atom. The number of rotatable bonds is 62. The molecule has 0 saturated carbocycles. The Kier molecular flexibility index (Phi) is 56.1. The molecule has 3 atom stereocenters. The number of quaternary nitrogens is 1. The van der Waals surface area contributed by atoms with Gasteiger partial charge < -0.3 is 28.5 Å². The Labute approximate surface area is 473 Å². The van der Waals surface area contributed by atoms with Gasteiger partial charge in [-0.1, -0.05) is 316 Å². The Bertz CT molecular complexity index is 1310. The molecular formula is C66H131N2O7P. The van der Waals surface area contributed by atoms with Crippen LogP contribution in [0.4, 0.5) is 0 Å². The molecule has 76 heavy (non-hydrogen) atoms. The quantitative estimate of drug-likeness (QED) is 0.0212. The second-order valence-electron chi connectivity index (χ2n) is 24.3. The van der Waals surface area contributed by atoms with Crippen LogP contribution in [-0.2, 0) is 27.9 Å². The van der Waals surface area contributed by atoms with Crippen molar-refractivity contribution in [1.82, 2.24) is 5.32 Å². The predicted molar refractivity (Wildman–Crippen MR) is 326 cm³/mol. The van der Waals surface area contributed by atoms with E-state index in [4.69, 9.17) is 13.8 Å². The van der Waals surface area contributed by atoms with Gasteiger partial charge in [0.1, 0.15) is 19.3 Å². The van der Waals surface area contributed by atoms with Gasteiger partial charge in [-0.25, -0.2) is 0 Å². The zero-order valence-corrected chi connectivity index (χ0v) is 52.6. The van der Waals surface area contributed by atoms with Crippen LogP contribution in [-0.4, -0.2) is 69.4 Å². The summed E-state index contributed by atoms with van der Waals surface area (Å²) in [5, 5.41) is 3.04. The van der Waals surface area contributed by atoms with Gasteiger partial charge in [-0.3, -0.25) is 14.2 Å². The van der Waals surface area contributed by atoms with Crippen molar-refractivity contribution in [3.8, 4) is 0 Å². The normalized spacial score (nSPS) is 13.6. The number of esters is 1. The van der Waals surface area contributed by atoms with E-state index in [9.17, 15) is 19.0 Å². The Morgan fingerprint density at radius 3 is 1.08 bits per heavy atom. The molecule has 452 valence electrons. The lowest BCUT2D eigenvalue weighted by Crippen LogP contribution is -2.47. The number of amides is 1. The van der Waals surface area contributed by atoms with Crippen molar-refractivity contribution >= 4 is 19.7 Å². The lowest BCUT2D eigenvalue weighted by molar-refractivity contribution is -0.870. The third-order valence-electron chi connectivity index (χ3n) is 15.5. The summed E-state index contributed by atoms with van der Waals surface area (Å²) in [4.78, 5) is 40.0. The van der Waals surface area contributed by atoms with E-state index in [1.165, 1.54) is 257 Å². The van der Waals surface area contributed by atoms with Gasteiger partial charge >= 0.3 is 5.97 Å². The van der Waals surface area contributed by atoms with Gasteiger partial charge in [-0.05, 0) is 31.8 Å². The van der Waals surface area contributed by atoms with Gasteiger partial charge in [0.15, 0.2) is 0 Å². The first kappa shape index (κ1) is 74.8. The van der Waals surface area contributed by atoms with Crippen molar-refractivity contribution in [2.75, 3.05) is 40.9 Å². The lowest BCUT2D eigenvalue weighted by atomic mass is 10.0. The summed E-state index contributed by atoms with van der Waals surface area (Å²) in [6.45, 7) is 6.91. The minimum Gasteiger partial charge on any atom is -0.756 e. The van der Waals surface area contributed by atoms with E-state index >= 15 is 0 Å². The summed E-state index contributed by atoms with van der Waals surface area (Å²) in [6, 6.07) is -0.879. The number of unbranched alkanes of at least 4 members (excludes halogenated alkanes) is 46. The highest BCUT2D eigenvalue weighted by atomic mass is 31.2. The van der Waals surface area contributed by atoms with E-state index in [2.05, 4.69) is 26.1 Å². The minimum atomic E-state index is -4.69. The topological polar surface area (TPSA) is 114 Å².